The van der Waals surface area contributed by atoms with Gasteiger partial charge in [0, 0.05) is 24.8 Å². The van der Waals surface area contributed by atoms with Crippen molar-refractivity contribution in [3.63, 3.8) is 0 Å². The summed E-state index contributed by atoms with van der Waals surface area (Å²) in [5, 5.41) is 10.5. The summed E-state index contributed by atoms with van der Waals surface area (Å²) >= 11 is 0. The topological polar surface area (TPSA) is 23.5 Å². The van der Waals surface area contributed by atoms with Crippen molar-refractivity contribution in [2.24, 2.45) is 0 Å². The Bertz CT molecular complexity index is 777. The lowest BCUT2D eigenvalue weighted by Gasteiger charge is -2.37. The van der Waals surface area contributed by atoms with E-state index in [9.17, 15) is 5.11 Å². The molecule has 0 aromatic heterocycles. The Hall–Kier alpha value is -1.96. The Morgan fingerprint density at radius 2 is 1.04 bits per heavy atom. The minimum atomic E-state index is 0.455. The first-order valence-electron chi connectivity index (χ1n) is 8.33. The summed E-state index contributed by atoms with van der Waals surface area (Å²) in [7, 11) is 2.17. The van der Waals surface area contributed by atoms with Crippen molar-refractivity contribution in [1.29, 1.82) is 0 Å². The zero-order valence-electron chi connectivity index (χ0n) is 15.6. The van der Waals surface area contributed by atoms with Crippen LogP contribution in [0.15, 0.2) is 0 Å². The number of nitrogens with zero attached hydrogens (tertiary/aromatic N) is 1. The Balaban J connectivity index is 2.40. The quantitative estimate of drug-likeness (QED) is 0.721. The zero-order valence-corrected chi connectivity index (χ0v) is 15.6. The van der Waals surface area contributed by atoms with E-state index in [1.165, 1.54) is 50.3 Å². The summed E-state index contributed by atoms with van der Waals surface area (Å²) in [6.45, 7) is 15.1. The standard InChI is InChI=1S/C21H27NO/c1-10-11(2)13(4)19-17(12(10)3)9-18-16(7)21(23)15(6)14(5)20(18)22(19)8/h23H,9H2,1-8H3. The molecule has 0 saturated heterocycles. The van der Waals surface area contributed by atoms with Crippen molar-refractivity contribution in [3.8, 4) is 5.75 Å². The molecule has 3 rings (SSSR count). The van der Waals surface area contributed by atoms with Crippen molar-refractivity contribution in [3.05, 3.63) is 50.1 Å². The summed E-state index contributed by atoms with van der Waals surface area (Å²) in [5.41, 5.74) is 14.1. The second kappa shape index (κ2) is 5.02. The number of anilines is 2. The van der Waals surface area contributed by atoms with E-state index in [0.29, 0.717) is 5.75 Å². The highest BCUT2D eigenvalue weighted by atomic mass is 16.3. The molecule has 0 unspecified atom stereocenters. The van der Waals surface area contributed by atoms with Crippen LogP contribution in [0.4, 0.5) is 11.4 Å². The summed E-state index contributed by atoms with van der Waals surface area (Å²) in [6, 6.07) is 0. The fourth-order valence-corrected chi connectivity index (χ4v) is 4.18. The summed E-state index contributed by atoms with van der Waals surface area (Å²) in [5.74, 6) is 0.455. The van der Waals surface area contributed by atoms with Crippen LogP contribution in [0, 0.1) is 48.5 Å². The van der Waals surface area contributed by atoms with Crippen LogP contribution in [0.25, 0.3) is 0 Å². The van der Waals surface area contributed by atoms with Crippen LogP contribution in [-0.2, 0) is 6.42 Å². The predicted molar refractivity (Wildman–Crippen MR) is 98.6 cm³/mol. The second-order valence-corrected chi connectivity index (χ2v) is 7.11. The monoisotopic (exact) mass is 309 g/mol. The third-order valence-corrected chi connectivity index (χ3v) is 6.17. The fourth-order valence-electron chi connectivity index (χ4n) is 4.18. The normalized spacial score (nSPS) is 13.1. The van der Waals surface area contributed by atoms with E-state index >= 15 is 0 Å². The van der Waals surface area contributed by atoms with Gasteiger partial charge < -0.3 is 10.0 Å². The third kappa shape index (κ3) is 1.94. The Labute approximate surface area is 139 Å². The maximum absolute atomic E-state index is 10.5. The minimum absolute atomic E-state index is 0.455. The number of rotatable bonds is 0. The summed E-state index contributed by atoms with van der Waals surface area (Å²) in [4.78, 5) is 2.34. The van der Waals surface area contributed by atoms with E-state index in [-0.39, 0.29) is 0 Å². The molecule has 0 amide bonds. The second-order valence-electron chi connectivity index (χ2n) is 7.11. The van der Waals surface area contributed by atoms with Crippen LogP contribution in [-0.4, -0.2) is 12.2 Å². The Morgan fingerprint density at radius 3 is 1.61 bits per heavy atom. The number of fused-ring (bicyclic) bond motifs is 2. The molecule has 0 radical (unpaired) electrons. The number of phenolic OH excluding ortho intramolecular Hbond substituents is 1. The van der Waals surface area contributed by atoms with Gasteiger partial charge in [-0.3, -0.25) is 0 Å². The molecule has 2 aromatic carbocycles. The average molecular weight is 309 g/mol. The van der Waals surface area contributed by atoms with Gasteiger partial charge in [-0.05, 0) is 98.5 Å². The largest absolute Gasteiger partial charge is 0.507 e. The lowest BCUT2D eigenvalue weighted by atomic mass is 9.82. The number of benzene rings is 2. The van der Waals surface area contributed by atoms with E-state index in [1.807, 2.05) is 13.8 Å². The van der Waals surface area contributed by atoms with E-state index in [1.54, 1.807) is 0 Å². The Morgan fingerprint density at radius 1 is 0.609 bits per heavy atom. The molecule has 0 atom stereocenters. The van der Waals surface area contributed by atoms with Gasteiger partial charge >= 0.3 is 0 Å². The van der Waals surface area contributed by atoms with Crippen molar-refractivity contribution < 1.29 is 5.11 Å². The molecular formula is C21H27NO. The first kappa shape index (κ1) is 15.9. The van der Waals surface area contributed by atoms with Crippen LogP contribution < -0.4 is 4.90 Å². The lowest BCUT2D eigenvalue weighted by molar-refractivity contribution is 0.465. The number of hydrogen-bond donors (Lipinski definition) is 1. The van der Waals surface area contributed by atoms with Crippen molar-refractivity contribution in [1.82, 2.24) is 0 Å². The predicted octanol–water partition coefficient (Wildman–Crippen LogP) is 5.22. The molecule has 122 valence electrons. The van der Waals surface area contributed by atoms with E-state index < -0.39 is 0 Å². The first-order valence-corrected chi connectivity index (χ1v) is 8.33. The highest BCUT2D eigenvalue weighted by molar-refractivity contribution is 5.83. The SMILES string of the molecule is Cc1c(C)c(C)c2c(c1C)Cc1c(C)c(O)c(C)c(C)c1N2C. The zero-order chi connectivity index (χ0) is 17.2. The van der Waals surface area contributed by atoms with Crippen molar-refractivity contribution in [2.45, 2.75) is 54.9 Å². The summed E-state index contributed by atoms with van der Waals surface area (Å²) in [6.07, 6.45) is 0.906. The number of phenols is 1. The molecule has 1 aliphatic rings. The highest BCUT2D eigenvalue weighted by Gasteiger charge is 2.29. The van der Waals surface area contributed by atoms with E-state index in [4.69, 9.17) is 0 Å². The van der Waals surface area contributed by atoms with Gasteiger partial charge in [-0.2, -0.15) is 0 Å². The highest BCUT2D eigenvalue weighted by Crippen LogP contribution is 2.48. The maximum Gasteiger partial charge on any atom is 0.122 e. The van der Waals surface area contributed by atoms with Gasteiger partial charge in [0.25, 0.3) is 0 Å². The van der Waals surface area contributed by atoms with Crippen molar-refractivity contribution >= 4 is 11.4 Å². The molecule has 2 heteroatoms. The Kier molecular flexibility index (Phi) is 3.47. The van der Waals surface area contributed by atoms with Crippen LogP contribution in [0.1, 0.15) is 50.1 Å². The van der Waals surface area contributed by atoms with Crippen LogP contribution in [0.3, 0.4) is 0 Å². The molecule has 2 nitrogen and oxygen atoms in total. The molecule has 2 aromatic rings. The number of aromatic hydroxyl groups is 1. The third-order valence-electron chi connectivity index (χ3n) is 6.17. The molecule has 1 aliphatic heterocycles. The van der Waals surface area contributed by atoms with Gasteiger partial charge in [-0.15, -0.1) is 0 Å². The van der Waals surface area contributed by atoms with Gasteiger partial charge in [-0.25, -0.2) is 0 Å². The molecule has 23 heavy (non-hydrogen) atoms. The van der Waals surface area contributed by atoms with Crippen LogP contribution in [0.2, 0.25) is 0 Å². The van der Waals surface area contributed by atoms with Crippen LogP contribution in [0.5, 0.6) is 5.75 Å². The van der Waals surface area contributed by atoms with Crippen LogP contribution >= 0.6 is 0 Å². The van der Waals surface area contributed by atoms with Gasteiger partial charge in [0.15, 0.2) is 0 Å². The first-order chi connectivity index (χ1) is 10.7. The maximum atomic E-state index is 10.5. The minimum Gasteiger partial charge on any atom is -0.507 e. The molecule has 0 saturated carbocycles. The van der Waals surface area contributed by atoms with Gasteiger partial charge in [0.05, 0.1) is 0 Å². The molecule has 0 fully saturated rings. The van der Waals surface area contributed by atoms with E-state index in [0.717, 1.165) is 17.5 Å². The van der Waals surface area contributed by atoms with Crippen molar-refractivity contribution in [2.75, 3.05) is 11.9 Å². The number of hydrogen-bond acceptors (Lipinski definition) is 2. The molecular weight excluding hydrogens is 282 g/mol. The average Bonchev–Trinajstić information content (AvgIpc) is 2.53. The summed E-state index contributed by atoms with van der Waals surface area (Å²) < 4.78 is 0. The van der Waals surface area contributed by atoms with Gasteiger partial charge in [-0.1, -0.05) is 0 Å². The van der Waals surface area contributed by atoms with Gasteiger partial charge in [0.2, 0.25) is 0 Å². The lowest BCUT2D eigenvalue weighted by Crippen LogP contribution is -2.24. The fraction of sp³-hybridized carbons (Fsp3) is 0.429. The van der Waals surface area contributed by atoms with Gasteiger partial charge in [0.1, 0.15) is 5.75 Å². The molecule has 1 N–H and O–H groups in total. The smallest absolute Gasteiger partial charge is 0.122 e. The molecule has 0 spiro atoms. The molecule has 1 heterocycles. The molecule has 0 aliphatic carbocycles. The van der Waals surface area contributed by atoms with E-state index in [2.05, 4.69) is 46.6 Å². The molecule has 0 bridgehead atoms.